The Morgan fingerprint density at radius 1 is 0.975 bits per heavy atom. The molecule has 40 heavy (non-hydrogen) atoms. The van der Waals surface area contributed by atoms with Crippen molar-refractivity contribution in [3.05, 3.63) is 83.2 Å². The van der Waals surface area contributed by atoms with Gasteiger partial charge in [-0.05, 0) is 85.2 Å². The molecule has 0 heterocycles. The lowest BCUT2D eigenvalue weighted by Gasteiger charge is -2.28. The fourth-order valence-electron chi connectivity index (χ4n) is 4.80. The van der Waals surface area contributed by atoms with Gasteiger partial charge in [-0.2, -0.15) is 5.26 Å². The van der Waals surface area contributed by atoms with E-state index in [1.54, 1.807) is 26.2 Å². The minimum Gasteiger partial charge on any atom is -0.497 e. The van der Waals surface area contributed by atoms with Crippen molar-refractivity contribution in [2.75, 3.05) is 13.7 Å². The Labute approximate surface area is 237 Å². The van der Waals surface area contributed by atoms with E-state index in [-0.39, 0.29) is 29.5 Å². The minimum absolute atomic E-state index is 0.0292. The first-order valence-electron chi connectivity index (χ1n) is 13.6. The van der Waals surface area contributed by atoms with Crippen LogP contribution in [0.25, 0.3) is 11.1 Å². The van der Waals surface area contributed by atoms with Crippen LogP contribution in [0.15, 0.2) is 60.7 Å². The largest absolute Gasteiger partial charge is 0.497 e. The molecule has 3 rings (SSSR count). The van der Waals surface area contributed by atoms with Crippen molar-refractivity contribution in [2.45, 2.75) is 66.9 Å². The molecule has 0 amide bonds. The Balaban J connectivity index is 1.89. The van der Waals surface area contributed by atoms with Gasteiger partial charge in [-0.15, -0.1) is 0 Å². The molecule has 0 fully saturated rings. The molecular formula is C34H40FNO4. The standard InChI is InChI=1S/C34H40FNO4/c1-8-39-32(37)19-30(34(5,6)22-36)24-11-9-10-23(16-24)21-40-27-12-14-28(25(17-27)20-33(2,3)4)29-18-26(38-7)13-15-31(29)35/h9-18,30H,8,19-21H2,1-7H3. The molecule has 0 aliphatic rings. The van der Waals surface area contributed by atoms with Crippen LogP contribution in [0.2, 0.25) is 0 Å². The zero-order chi connectivity index (χ0) is 29.5. The maximum atomic E-state index is 14.9. The highest BCUT2D eigenvalue weighted by atomic mass is 19.1. The number of rotatable bonds is 11. The van der Waals surface area contributed by atoms with E-state index in [2.05, 4.69) is 26.8 Å². The van der Waals surface area contributed by atoms with Crippen LogP contribution in [0.4, 0.5) is 4.39 Å². The lowest BCUT2D eigenvalue weighted by molar-refractivity contribution is -0.144. The third kappa shape index (κ3) is 8.08. The highest BCUT2D eigenvalue weighted by Crippen LogP contribution is 2.39. The first-order chi connectivity index (χ1) is 18.9. The minimum atomic E-state index is -0.765. The number of nitrogens with zero attached hydrogens (tertiary/aromatic N) is 1. The second kappa shape index (κ2) is 13.0. The normalized spacial score (nSPS) is 12.4. The Morgan fingerprint density at radius 3 is 2.35 bits per heavy atom. The van der Waals surface area contributed by atoms with Crippen molar-refractivity contribution < 1.29 is 23.4 Å². The van der Waals surface area contributed by atoms with E-state index in [0.717, 1.165) is 28.7 Å². The molecule has 0 N–H and O–H groups in total. The van der Waals surface area contributed by atoms with Crippen LogP contribution in [-0.2, 0) is 22.6 Å². The van der Waals surface area contributed by atoms with Crippen LogP contribution in [0.3, 0.4) is 0 Å². The number of benzene rings is 3. The summed E-state index contributed by atoms with van der Waals surface area (Å²) >= 11 is 0. The molecule has 0 spiro atoms. The maximum Gasteiger partial charge on any atom is 0.306 e. The number of ether oxygens (including phenoxy) is 3. The highest BCUT2D eigenvalue weighted by molar-refractivity contribution is 5.71. The maximum absolute atomic E-state index is 14.9. The third-order valence-electron chi connectivity index (χ3n) is 6.86. The summed E-state index contributed by atoms with van der Waals surface area (Å²) in [5.74, 6) is 0.318. The van der Waals surface area contributed by atoms with Gasteiger partial charge in [0.15, 0.2) is 0 Å². The van der Waals surface area contributed by atoms with Crippen LogP contribution < -0.4 is 9.47 Å². The fourth-order valence-corrected chi connectivity index (χ4v) is 4.80. The Hall–Kier alpha value is -3.85. The van der Waals surface area contributed by atoms with Gasteiger partial charge in [0.05, 0.1) is 31.6 Å². The van der Waals surface area contributed by atoms with Gasteiger partial charge in [0.2, 0.25) is 0 Å². The lowest BCUT2D eigenvalue weighted by atomic mass is 9.74. The van der Waals surface area contributed by atoms with Crippen LogP contribution >= 0.6 is 0 Å². The molecule has 0 saturated carbocycles. The summed E-state index contributed by atoms with van der Waals surface area (Å²) in [6, 6.07) is 20.6. The summed E-state index contributed by atoms with van der Waals surface area (Å²) in [5, 5.41) is 9.79. The Bertz CT molecular complexity index is 1370. The lowest BCUT2D eigenvalue weighted by Crippen LogP contribution is -2.24. The monoisotopic (exact) mass is 545 g/mol. The van der Waals surface area contributed by atoms with E-state index in [4.69, 9.17) is 14.2 Å². The van der Waals surface area contributed by atoms with E-state index in [0.29, 0.717) is 30.3 Å². The molecule has 0 aromatic heterocycles. The van der Waals surface area contributed by atoms with Gasteiger partial charge >= 0.3 is 5.97 Å². The van der Waals surface area contributed by atoms with Gasteiger partial charge in [0, 0.05) is 11.5 Å². The third-order valence-corrected chi connectivity index (χ3v) is 6.86. The molecule has 1 unspecified atom stereocenters. The van der Waals surface area contributed by atoms with E-state index < -0.39 is 5.41 Å². The molecule has 1 atom stereocenters. The van der Waals surface area contributed by atoms with Crippen molar-refractivity contribution in [3.8, 4) is 28.7 Å². The zero-order valence-corrected chi connectivity index (χ0v) is 24.6. The Kier molecular flexibility index (Phi) is 9.98. The highest BCUT2D eigenvalue weighted by Gasteiger charge is 2.33. The van der Waals surface area contributed by atoms with Crippen LogP contribution in [0.1, 0.15) is 70.6 Å². The second-order valence-electron chi connectivity index (χ2n) is 11.8. The molecule has 0 saturated heterocycles. The van der Waals surface area contributed by atoms with Crippen molar-refractivity contribution in [1.29, 1.82) is 5.26 Å². The van der Waals surface area contributed by atoms with Crippen LogP contribution in [0, 0.1) is 28.0 Å². The first kappa shape index (κ1) is 30.7. The van der Waals surface area contributed by atoms with Gasteiger partial charge in [-0.25, -0.2) is 4.39 Å². The first-order valence-corrected chi connectivity index (χ1v) is 13.6. The second-order valence-corrected chi connectivity index (χ2v) is 11.8. The number of hydrogen-bond acceptors (Lipinski definition) is 5. The summed E-state index contributed by atoms with van der Waals surface area (Å²) < 4.78 is 31.6. The number of nitriles is 1. The summed E-state index contributed by atoms with van der Waals surface area (Å²) in [4.78, 5) is 12.3. The molecule has 3 aromatic carbocycles. The quantitative estimate of drug-likeness (QED) is 0.227. The average Bonchev–Trinajstić information content (AvgIpc) is 2.90. The number of halogens is 1. The van der Waals surface area contributed by atoms with Crippen LogP contribution in [-0.4, -0.2) is 19.7 Å². The summed E-state index contributed by atoms with van der Waals surface area (Å²) in [6.07, 6.45) is 0.849. The Morgan fingerprint density at radius 2 is 1.70 bits per heavy atom. The molecule has 0 bridgehead atoms. The van der Waals surface area contributed by atoms with Crippen LogP contribution in [0.5, 0.6) is 11.5 Å². The van der Waals surface area contributed by atoms with E-state index in [1.807, 2.05) is 56.3 Å². The summed E-state index contributed by atoms with van der Waals surface area (Å²) in [7, 11) is 1.57. The molecule has 0 radical (unpaired) electrons. The van der Waals surface area contributed by atoms with E-state index in [1.165, 1.54) is 6.07 Å². The SMILES string of the molecule is CCOC(=O)CC(c1cccc(COc2ccc(-c3cc(OC)ccc3F)c(CC(C)(C)C)c2)c1)C(C)(C)C#N. The van der Waals surface area contributed by atoms with Gasteiger partial charge in [0.1, 0.15) is 23.9 Å². The molecule has 212 valence electrons. The number of carbonyl (C=O) groups excluding carboxylic acids is 1. The van der Waals surface area contributed by atoms with Crippen molar-refractivity contribution >= 4 is 5.97 Å². The molecule has 3 aromatic rings. The van der Waals surface area contributed by atoms with Crippen molar-refractivity contribution in [1.82, 2.24) is 0 Å². The number of carbonyl (C=O) groups is 1. The topological polar surface area (TPSA) is 68.6 Å². The van der Waals surface area contributed by atoms with Gasteiger partial charge in [-0.1, -0.05) is 51.1 Å². The van der Waals surface area contributed by atoms with Gasteiger partial charge in [-0.3, -0.25) is 4.79 Å². The predicted molar refractivity (Wildman–Crippen MR) is 156 cm³/mol. The molecule has 0 aliphatic carbocycles. The van der Waals surface area contributed by atoms with E-state index >= 15 is 0 Å². The van der Waals surface area contributed by atoms with Crippen molar-refractivity contribution in [2.24, 2.45) is 10.8 Å². The predicted octanol–water partition coefficient (Wildman–Crippen LogP) is 8.26. The molecule has 6 heteroatoms. The molecular weight excluding hydrogens is 505 g/mol. The fraction of sp³-hybridized carbons (Fsp3) is 0.412. The number of methoxy groups -OCH3 is 1. The molecule has 5 nitrogen and oxygen atoms in total. The summed E-state index contributed by atoms with van der Waals surface area (Å²) in [6.45, 7) is 12.5. The number of esters is 1. The van der Waals surface area contributed by atoms with Gasteiger partial charge < -0.3 is 14.2 Å². The average molecular weight is 546 g/mol. The van der Waals surface area contributed by atoms with Crippen molar-refractivity contribution in [3.63, 3.8) is 0 Å². The smallest absolute Gasteiger partial charge is 0.306 e. The summed E-state index contributed by atoms with van der Waals surface area (Å²) in [5.41, 5.74) is 3.29. The molecule has 0 aliphatic heterocycles. The van der Waals surface area contributed by atoms with Gasteiger partial charge in [0.25, 0.3) is 0 Å². The number of hydrogen-bond donors (Lipinski definition) is 0. The van der Waals surface area contributed by atoms with E-state index in [9.17, 15) is 14.4 Å². The zero-order valence-electron chi connectivity index (χ0n) is 24.6.